The fourth-order valence-electron chi connectivity index (χ4n) is 1.90. The number of rotatable bonds is 6. The third kappa shape index (κ3) is 10.9. The minimum absolute atomic E-state index is 0.0208. The third-order valence-electron chi connectivity index (χ3n) is 3.66. The maximum atomic E-state index is 10.3. The monoisotopic (exact) mass is 387 g/mol. The van der Waals surface area contributed by atoms with Gasteiger partial charge in [-0.2, -0.15) is 0 Å². The van der Waals surface area contributed by atoms with Crippen LogP contribution in [0.1, 0.15) is 32.4 Å². The fraction of sp³-hybridized carbons (Fsp3) is 0.625. The van der Waals surface area contributed by atoms with E-state index >= 15 is 0 Å². The summed E-state index contributed by atoms with van der Waals surface area (Å²) < 4.78 is 0. The molecule has 0 aliphatic carbocycles. The van der Waals surface area contributed by atoms with E-state index in [2.05, 4.69) is 15.3 Å². The van der Waals surface area contributed by atoms with Gasteiger partial charge in [0.1, 0.15) is 18.1 Å². The van der Waals surface area contributed by atoms with Crippen molar-refractivity contribution in [2.75, 3.05) is 6.54 Å². The fourth-order valence-corrected chi connectivity index (χ4v) is 1.90. The number of carbonyl (C=O) groups is 3. The highest BCUT2D eigenvalue weighted by Gasteiger charge is 2.20. The molecule has 0 amide bonds. The van der Waals surface area contributed by atoms with Crippen LogP contribution in [0.2, 0.25) is 0 Å². The van der Waals surface area contributed by atoms with Crippen molar-refractivity contribution in [3.8, 4) is 0 Å². The molecule has 11 nitrogen and oxygen atoms in total. The van der Waals surface area contributed by atoms with Gasteiger partial charge in [-0.25, -0.2) is 4.98 Å². The lowest BCUT2D eigenvalue weighted by Crippen LogP contribution is -2.34. The molecule has 1 aliphatic heterocycles. The Morgan fingerprint density at radius 1 is 1.22 bits per heavy atom. The average Bonchev–Trinajstić information content (AvgIpc) is 3.28. The summed E-state index contributed by atoms with van der Waals surface area (Å²) in [6, 6.07) is -1.84. The Labute approximate surface area is 157 Å². The van der Waals surface area contributed by atoms with Crippen LogP contribution in [0.5, 0.6) is 0 Å². The zero-order valence-corrected chi connectivity index (χ0v) is 15.5. The first kappa shape index (κ1) is 24.5. The molecule has 2 rings (SSSR count). The summed E-state index contributed by atoms with van der Waals surface area (Å²) in [5.74, 6) is -2.64. The molecule has 1 aliphatic rings. The summed E-state index contributed by atoms with van der Waals surface area (Å²) in [6.07, 6.45) is 5.16. The number of carboxylic acids is 3. The van der Waals surface area contributed by atoms with E-state index in [0.29, 0.717) is 5.69 Å². The predicted molar refractivity (Wildman–Crippen MR) is 97.0 cm³/mol. The number of aromatic amines is 1. The summed E-state index contributed by atoms with van der Waals surface area (Å²) >= 11 is 0. The first-order valence-electron chi connectivity index (χ1n) is 8.46. The summed E-state index contributed by atoms with van der Waals surface area (Å²) in [4.78, 5) is 37.0. The normalized spacial score (nSPS) is 17.7. The van der Waals surface area contributed by atoms with Gasteiger partial charge in [0.05, 0.1) is 12.0 Å². The number of nitrogens with zero attached hydrogens (tertiary/aromatic N) is 1. The van der Waals surface area contributed by atoms with Crippen molar-refractivity contribution < 1.29 is 29.7 Å². The van der Waals surface area contributed by atoms with Crippen LogP contribution in [-0.2, 0) is 20.8 Å². The van der Waals surface area contributed by atoms with Gasteiger partial charge in [-0.1, -0.05) is 13.8 Å². The highest BCUT2D eigenvalue weighted by molar-refractivity contribution is 5.74. The van der Waals surface area contributed by atoms with Gasteiger partial charge >= 0.3 is 17.9 Å². The lowest BCUT2D eigenvalue weighted by atomic mass is 10.1. The second-order valence-electron chi connectivity index (χ2n) is 6.30. The van der Waals surface area contributed by atoms with Gasteiger partial charge in [-0.15, -0.1) is 0 Å². The summed E-state index contributed by atoms with van der Waals surface area (Å²) in [5.41, 5.74) is 11.1. The van der Waals surface area contributed by atoms with E-state index in [1.165, 1.54) is 6.33 Å². The molecule has 3 atom stereocenters. The van der Waals surface area contributed by atoms with Crippen LogP contribution in [0.25, 0.3) is 0 Å². The van der Waals surface area contributed by atoms with Crippen LogP contribution in [0.4, 0.5) is 0 Å². The topological polar surface area (TPSA) is 205 Å². The van der Waals surface area contributed by atoms with E-state index in [-0.39, 0.29) is 18.4 Å². The average molecular weight is 387 g/mol. The SMILES string of the molecule is CC(C)C(N)C(=O)O.NC(Cc1c[nH]cn1)C(=O)O.O=C(O)[C@@H]1CCCN1. The van der Waals surface area contributed by atoms with Crippen LogP contribution < -0.4 is 16.8 Å². The standard InChI is InChI=1S/C6H9N3O2.C5H9NO2.C5H11NO2/c7-5(6(10)11)1-4-2-8-3-9-4;7-5(8)4-2-1-3-6-4;1-3(2)4(6)5(7)8/h2-3,5H,1,7H2,(H,8,9)(H,10,11);4,6H,1-3H2,(H,7,8);3-4H,6H2,1-2H3,(H,7,8)/t;4-;/m.0./s1. The molecule has 1 aromatic rings. The minimum atomic E-state index is -1.01. The van der Waals surface area contributed by atoms with Crippen LogP contribution in [0.3, 0.4) is 0 Å². The van der Waals surface area contributed by atoms with Gasteiger partial charge in [0, 0.05) is 12.6 Å². The number of H-pyrrole nitrogens is 1. The van der Waals surface area contributed by atoms with Crippen molar-refractivity contribution in [3.63, 3.8) is 0 Å². The molecule has 0 bridgehead atoms. The quantitative estimate of drug-likeness (QED) is 0.325. The summed E-state index contributed by atoms with van der Waals surface area (Å²) in [6.45, 7) is 4.41. The van der Waals surface area contributed by atoms with Crippen molar-refractivity contribution in [3.05, 3.63) is 18.2 Å². The largest absolute Gasteiger partial charge is 0.480 e. The van der Waals surface area contributed by atoms with Crippen molar-refractivity contribution in [1.82, 2.24) is 15.3 Å². The first-order valence-corrected chi connectivity index (χ1v) is 8.46. The van der Waals surface area contributed by atoms with Crippen LogP contribution in [0.15, 0.2) is 12.5 Å². The molecule has 0 spiro atoms. The Balaban J connectivity index is 0.000000384. The first-order chi connectivity index (χ1) is 12.6. The number of hydrogen-bond donors (Lipinski definition) is 7. The molecule has 27 heavy (non-hydrogen) atoms. The zero-order valence-electron chi connectivity index (χ0n) is 15.5. The molecule has 1 fully saturated rings. The number of aliphatic carboxylic acids is 3. The molecule has 154 valence electrons. The summed E-state index contributed by atoms with van der Waals surface area (Å²) in [5, 5.41) is 27.9. The maximum Gasteiger partial charge on any atom is 0.320 e. The number of aromatic nitrogens is 2. The van der Waals surface area contributed by atoms with Crippen molar-refractivity contribution in [2.45, 2.75) is 51.2 Å². The van der Waals surface area contributed by atoms with E-state index in [1.54, 1.807) is 20.0 Å². The Hall–Kier alpha value is -2.50. The van der Waals surface area contributed by atoms with E-state index in [9.17, 15) is 14.4 Å². The van der Waals surface area contributed by atoms with Crippen molar-refractivity contribution in [2.24, 2.45) is 17.4 Å². The highest BCUT2D eigenvalue weighted by atomic mass is 16.4. The molecule has 0 aromatic carbocycles. The zero-order chi connectivity index (χ0) is 21.0. The van der Waals surface area contributed by atoms with Crippen molar-refractivity contribution in [1.29, 1.82) is 0 Å². The molecule has 11 heteroatoms. The lowest BCUT2D eigenvalue weighted by Gasteiger charge is -2.07. The smallest absolute Gasteiger partial charge is 0.320 e. The van der Waals surface area contributed by atoms with Crippen LogP contribution >= 0.6 is 0 Å². The van der Waals surface area contributed by atoms with Gasteiger partial charge in [-0.3, -0.25) is 14.4 Å². The Bertz CT molecular complexity index is 560. The van der Waals surface area contributed by atoms with Gasteiger partial charge < -0.3 is 37.1 Å². The molecule has 2 unspecified atom stereocenters. The van der Waals surface area contributed by atoms with E-state index in [1.807, 2.05) is 0 Å². The van der Waals surface area contributed by atoms with Crippen molar-refractivity contribution >= 4 is 17.9 Å². The second-order valence-corrected chi connectivity index (χ2v) is 6.30. The molecule has 0 radical (unpaired) electrons. The van der Waals surface area contributed by atoms with Gasteiger partial charge in [0.25, 0.3) is 0 Å². The number of hydrogen-bond acceptors (Lipinski definition) is 7. The minimum Gasteiger partial charge on any atom is -0.480 e. The van der Waals surface area contributed by atoms with Gasteiger partial charge in [0.15, 0.2) is 0 Å². The third-order valence-corrected chi connectivity index (χ3v) is 3.66. The van der Waals surface area contributed by atoms with E-state index in [4.69, 9.17) is 26.8 Å². The molecule has 1 aromatic heterocycles. The molecule has 9 N–H and O–H groups in total. The van der Waals surface area contributed by atoms with E-state index in [0.717, 1.165) is 19.4 Å². The van der Waals surface area contributed by atoms with Crippen LogP contribution in [0, 0.1) is 5.92 Å². The number of nitrogens with one attached hydrogen (secondary N) is 2. The maximum absolute atomic E-state index is 10.3. The molecule has 2 heterocycles. The van der Waals surface area contributed by atoms with Crippen LogP contribution in [-0.4, -0.2) is 67.9 Å². The summed E-state index contributed by atoms with van der Waals surface area (Å²) in [7, 11) is 0. The second kappa shape index (κ2) is 12.8. The van der Waals surface area contributed by atoms with Gasteiger partial charge in [-0.05, 0) is 25.3 Å². The number of imidazole rings is 1. The molecule has 0 saturated carbocycles. The lowest BCUT2D eigenvalue weighted by molar-refractivity contribution is -0.140. The number of carboxylic acid groups (broad SMARTS) is 3. The highest BCUT2D eigenvalue weighted by Crippen LogP contribution is 2.03. The van der Waals surface area contributed by atoms with Gasteiger partial charge in [0.2, 0.25) is 0 Å². The Morgan fingerprint density at radius 3 is 2.11 bits per heavy atom. The molecular weight excluding hydrogens is 358 g/mol. The Kier molecular flexibility index (Phi) is 11.6. The number of nitrogens with two attached hydrogens (primary N) is 2. The van der Waals surface area contributed by atoms with E-state index < -0.39 is 30.0 Å². The molecule has 1 saturated heterocycles. The Morgan fingerprint density at radius 2 is 1.85 bits per heavy atom. The predicted octanol–water partition coefficient (Wildman–Crippen LogP) is -0.759. The molecular formula is C16H29N5O6.